The quantitative estimate of drug-likeness (QED) is 0.641. The summed E-state index contributed by atoms with van der Waals surface area (Å²) in [6, 6.07) is 14.0. The van der Waals surface area contributed by atoms with E-state index in [1.54, 1.807) is 6.92 Å². The summed E-state index contributed by atoms with van der Waals surface area (Å²) in [5.41, 5.74) is 4.41. The molecule has 4 rings (SSSR count). The van der Waals surface area contributed by atoms with Crippen LogP contribution in [0.2, 0.25) is 0 Å². The number of carbonyl (C=O) groups is 3. The maximum atomic E-state index is 13.1. The Bertz CT molecular complexity index is 1020. The van der Waals surface area contributed by atoms with Crippen molar-refractivity contribution in [3.8, 4) is 11.1 Å². The van der Waals surface area contributed by atoms with Crippen LogP contribution in [-0.4, -0.2) is 71.5 Å². The minimum absolute atomic E-state index is 0.108. The van der Waals surface area contributed by atoms with Gasteiger partial charge >= 0.3 is 12.1 Å². The van der Waals surface area contributed by atoms with Gasteiger partial charge in [-0.25, -0.2) is 9.59 Å². The Morgan fingerprint density at radius 2 is 1.73 bits per heavy atom. The second-order valence-electron chi connectivity index (χ2n) is 8.05. The number of rotatable bonds is 7. The van der Waals surface area contributed by atoms with Crippen molar-refractivity contribution in [2.45, 2.75) is 31.0 Å². The van der Waals surface area contributed by atoms with Crippen LogP contribution in [0.3, 0.4) is 0 Å². The molecule has 2 N–H and O–H groups in total. The molecule has 9 heteroatoms. The van der Waals surface area contributed by atoms with Crippen molar-refractivity contribution in [2.24, 2.45) is 0 Å². The van der Waals surface area contributed by atoms with Crippen LogP contribution in [0, 0.1) is 0 Å². The smallest absolute Gasteiger partial charge is 0.407 e. The number of benzene rings is 2. The van der Waals surface area contributed by atoms with Crippen molar-refractivity contribution >= 4 is 29.7 Å². The minimum Gasteiger partial charge on any atom is -0.480 e. The molecule has 174 valence electrons. The molecule has 2 aliphatic rings. The molecule has 0 aromatic heterocycles. The molecule has 33 heavy (non-hydrogen) atoms. The van der Waals surface area contributed by atoms with E-state index in [1.165, 1.54) is 23.8 Å². The zero-order chi connectivity index (χ0) is 23.5. The number of alkyl carbamates (subject to hydrolysis) is 1. The Morgan fingerprint density at radius 3 is 2.30 bits per heavy atom. The highest BCUT2D eigenvalue weighted by atomic mass is 32.2. The normalized spacial score (nSPS) is 18.8. The monoisotopic (exact) mass is 470 g/mol. The molecule has 0 spiro atoms. The molecule has 1 aliphatic carbocycles. The maximum Gasteiger partial charge on any atom is 0.407 e. The molecule has 0 saturated carbocycles. The number of carboxylic acid groups (broad SMARTS) is 1. The number of nitrogens with one attached hydrogen (secondary N) is 1. The van der Waals surface area contributed by atoms with Crippen LogP contribution >= 0.6 is 11.8 Å². The molecule has 3 atom stereocenters. The van der Waals surface area contributed by atoms with E-state index in [-0.39, 0.29) is 18.4 Å². The van der Waals surface area contributed by atoms with Gasteiger partial charge in [0.2, 0.25) is 5.91 Å². The standard InChI is InChI=1S/C24H26N2O6S/c1-14(31-2)21(22(27)26-13-33-12-20(26)23(28)29)25-24(30)32-11-19-17-9-5-3-7-15(17)16-8-4-6-10-18(16)19/h3-10,14,19-21H,11-13H2,1-2H3,(H,25,30)(H,28,29)/t14-,20+,21+/m1/s1. The minimum atomic E-state index is -1.07. The first-order valence-electron chi connectivity index (χ1n) is 10.7. The molecule has 0 radical (unpaired) electrons. The maximum absolute atomic E-state index is 13.1. The molecule has 1 fully saturated rings. The van der Waals surface area contributed by atoms with Crippen molar-refractivity contribution in [1.82, 2.24) is 10.2 Å². The Hall–Kier alpha value is -3.04. The summed E-state index contributed by atoms with van der Waals surface area (Å²) < 4.78 is 10.8. The van der Waals surface area contributed by atoms with Crippen LogP contribution < -0.4 is 5.32 Å². The highest BCUT2D eigenvalue weighted by Gasteiger charge is 2.40. The largest absolute Gasteiger partial charge is 0.480 e. The van der Waals surface area contributed by atoms with Crippen molar-refractivity contribution < 1.29 is 29.0 Å². The van der Waals surface area contributed by atoms with Gasteiger partial charge in [0.1, 0.15) is 18.7 Å². The molecule has 2 aromatic rings. The van der Waals surface area contributed by atoms with E-state index in [2.05, 4.69) is 17.4 Å². The van der Waals surface area contributed by atoms with Crippen LogP contribution in [0.5, 0.6) is 0 Å². The fourth-order valence-electron chi connectivity index (χ4n) is 4.33. The summed E-state index contributed by atoms with van der Waals surface area (Å²) in [4.78, 5) is 38.6. The number of methoxy groups -OCH3 is 1. The molecule has 2 aromatic carbocycles. The molecule has 1 aliphatic heterocycles. The summed E-state index contributed by atoms with van der Waals surface area (Å²) in [6.07, 6.45) is -1.42. The fourth-order valence-corrected chi connectivity index (χ4v) is 5.48. The predicted octanol–water partition coefficient (Wildman–Crippen LogP) is 2.91. The van der Waals surface area contributed by atoms with Gasteiger partial charge in [-0.2, -0.15) is 0 Å². The molecule has 8 nitrogen and oxygen atoms in total. The summed E-state index contributed by atoms with van der Waals surface area (Å²) in [7, 11) is 1.43. The van der Waals surface area contributed by atoms with E-state index in [1.807, 2.05) is 36.4 Å². The predicted molar refractivity (Wildman–Crippen MR) is 124 cm³/mol. The lowest BCUT2D eigenvalue weighted by Crippen LogP contribution is -2.56. The second kappa shape index (κ2) is 9.84. The number of thioether (sulfide) groups is 1. The molecular weight excluding hydrogens is 444 g/mol. The molecule has 2 amide bonds. The number of hydrogen-bond acceptors (Lipinski definition) is 6. The highest BCUT2D eigenvalue weighted by molar-refractivity contribution is 7.99. The topological polar surface area (TPSA) is 105 Å². The zero-order valence-corrected chi connectivity index (χ0v) is 19.2. The van der Waals surface area contributed by atoms with Gasteiger partial charge in [-0.05, 0) is 29.2 Å². The average molecular weight is 471 g/mol. The van der Waals surface area contributed by atoms with E-state index in [0.717, 1.165) is 22.3 Å². The van der Waals surface area contributed by atoms with E-state index in [4.69, 9.17) is 9.47 Å². The molecule has 0 unspecified atom stereocenters. The van der Waals surface area contributed by atoms with Gasteiger partial charge < -0.3 is 24.8 Å². The SMILES string of the molecule is CO[C@H](C)[C@H](NC(=O)OCC1c2ccccc2-c2ccccc21)C(=O)N1CSC[C@H]1C(=O)O. The highest BCUT2D eigenvalue weighted by Crippen LogP contribution is 2.44. The van der Waals surface area contributed by atoms with Crippen LogP contribution in [0.25, 0.3) is 11.1 Å². The molecule has 1 saturated heterocycles. The van der Waals surface area contributed by atoms with E-state index >= 15 is 0 Å². The number of carboxylic acids is 1. The number of fused-ring (bicyclic) bond motifs is 3. The van der Waals surface area contributed by atoms with Crippen LogP contribution in [-0.2, 0) is 19.1 Å². The summed E-state index contributed by atoms with van der Waals surface area (Å²) in [6.45, 7) is 1.75. The number of amides is 2. The Kier molecular flexibility index (Phi) is 6.90. The summed E-state index contributed by atoms with van der Waals surface area (Å²) in [5.74, 6) is -1.13. The van der Waals surface area contributed by atoms with Crippen LogP contribution in [0.4, 0.5) is 4.79 Å². The van der Waals surface area contributed by atoms with E-state index in [9.17, 15) is 19.5 Å². The average Bonchev–Trinajstić information content (AvgIpc) is 3.44. The van der Waals surface area contributed by atoms with Gasteiger partial charge in [0.25, 0.3) is 0 Å². The number of aliphatic carboxylic acids is 1. The number of hydrogen-bond donors (Lipinski definition) is 2. The van der Waals surface area contributed by atoms with Crippen molar-refractivity contribution in [1.29, 1.82) is 0 Å². The molecule has 1 heterocycles. The lowest BCUT2D eigenvalue weighted by molar-refractivity contribution is -0.149. The summed E-state index contributed by atoms with van der Waals surface area (Å²) >= 11 is 1.36. The number of carbonyl (C=O) groups excluding carboxylic acids is 2. The Balaban J connectivity index is 1.46. The van der Waals surface area contributed by atoms with E-state index in [0.29, 0.717) is 5.75 Å². The van der Waals surface area contributed by atoms with Gasteiger partial charge in [0.15, 0.2) is 0 Å². The number of nitrogens with zero attached hydrogens (tertiary/aromatic N) is 1. The van der Waals surface area contributed by atoms with Gasteiger partial charge in [-0.3, -0.25) is 4.79 Å². The first-order valence-corrected chi connectivity index (χ1v) is 11.8. The zero-order valence-electron chi connectivity index (χ0n) is 18.4. The van der Waals surface area contributed by atoms with Crippen molar-refractivity contribution in [3.05, 3.63) is 59.7 Å². The third kappa shape index (κ3) is 4.56. The van der Waals surface area contributed by atoms with E-state index < -0.39 is 36.2 Å². The van der Waals surface area contributed by atoms with Crippen molar-refractivity contribution in [3.63, 3.8) is 0 Å². The Labute approximate surface area is 196 Å². The van der Waals surface area contributed by atoms with Crippen LogP contribution in [0.15, 0.2) is 48.5 Å². The molecule has 0 bridgehead atoms. The van der Waals surface area contributed by atoms with Crippen molar-refractivity contribution in [2.75, 3.05) is 25.3 Å². The van der Waals surface area contributed by atoms with Gasteiger partial charge in [0.05, 0.1) is 12.0 Å². The number of ether oxygens (including phenoxy) is 2. The third-order valence-corrected chi connectivity index (χ3v) is 7.19. The van der Waals surface area contributed by atoms with Gasteiger partial charge in [-0.15, -0.1) is 11.8 Å². The lowest BCUT2D eigenvalue weighted by Gasteiger charge is -2.29. The third-order valence-electron chi connectivity index (χ3n) is 6.17. The van der Waals surface area contributed by atoms with Gasteiger partial charge in [-0.1, -0.05) is 48.5 Å². The van der Waals surface area contributed by atoms with Crippen LogP contribution in [0.1, 0.15) is 24.0 Å². The molecular formula is C24H26N2O6S. The first kappa shape index (κ1) is 23.1. The van der Waals surface area contributed by atoms with Gasteiger partial charge in [0, 0.05) is 18.8 Å². The summed E-state index contributed by atoms with van der Waals surface area (Å²) in [5, 5.41) is 12.0. The lowest BCUT2D eigenvalue weighted by atomic mass is 9.98. The second-order valence-corrected chi connectivity index (χ2v) is 9.05. The first-order chi connectivity index (χ1) is 15.9. The Morgan fingerprint density at radius 1 is 1.12 bits per heavy atom. The fraction of sp³-hybridized carbons (Fsp3) is 0.375.